The van der Waals surface area contributed by atoms with Crippen molar-refractivity contribution in [1.82, 2.24) is 14.9 Å². The Balaban J connectivity index is 2.23. The van der Waals surface area contributed by atoms with Crippen LogP contribution in [0, 0.1) is 10.1 Å². The summed E-state index contributed by atoms with van der Waals surface area (Å²) in [5, 5.41) is 14.1. The number of nitrogens with zero attached hydrogens (tertiary/aromatic N) is 3. The summed E-state index contributed by atoms with van der Waals surface area (Å²) < 4.78 is 30.3. The minimum absolute atomic E-state index is 0.0602. The molecule has 0 unspecified atom stereocenters. The van der Waals surface area contributed by atoms with Crippen molar-refractivity contribution in [3.63, 3.8) is 0 Å². The van der Waals surface area contributed by atoms with E-state index in [2.05, 4.69) is 24.8 Å². The second-order valence-electron chi connectivity index (χ2n) is 3.35. The molecule has 0 amide bonds. The number of hydrogen-bond donors (Lipinski definition) is 3. The van der Waals surface area contributed by atoms with Crippen LogP contribution in [0.25, 0.3) is 0 Å². The molecule has 0 aromatic carbocycles. The van der Waals surface area contributed by atoms with Crippen LogP contribution in [0.4, 0.5) is 10.7 Å². The zero-order chi connectivity index (χ0) is 14.8. The number of hydrazine groups is 1. The summed E-state index contributed by atoms with van der Waals surface area (Å²) in [5.74, 6) is 5.24. The third-order valence-corrected chi connectivity index (χ3v) is 5.04. The van der Waals surface area contributed by atoms with E-state index >= 15 is 0 Å². The lowest BCUT2D eigenvalue weighted by Crippen LogP contribution is -2.23. The van der Waals surface area contributed by atoms with E-state index < -0.39 is 20.6 Å². The van der Waals surface area contributed by atoms with Gasteiger partial charge in [-0.25, -0.2) is 19.0 Å². The molecule has 0 fully saturated rings. The molecule has 2 rings (SSSR count). The Labute approximate surface area is 116 Å². The fraction of sp³-hybridized carbons (Fsp3) is 0.143. The van der Waals surface area contributed by atoms with Gasteiger partial charge < -0.3 is 9.95 Å². The molecule has 20 heavy (non-hydrogen) atoms. The summed E-state index contributed by atoms with van der Waals surface area (Å²) in [7, 11) is -3.93. The SMILES string of the molecule is NNc1sc(S(=O)(=O)NCc2ncon2)cc1[N+](=O)[O-]. The van der Waals surface area contributed by atoms with Crippen LogP contribution in [-0.2, 0) is 16.6 Å². The molecule has 0 atom stereocenters. The molecule has 0 aliphatic heterocycles. The van der Waals surface area contributed by atoms with Gasteiger partial charge in [-0.1, -0.05) is 16.5 Å². The van der Waals surface area contributed by atoms with Crippen molar-refractivity contribution in [3.05, 3.63) is 28.4 Å². The number of nitrogens with one attached hydrogen (secondary N) is 2. The molecule has 0 saturated heterocycles. The molecule has 2 aromatic heterocycles. The number of nitro groups is 1. The number of hydrogen-bond acceptors (Lipinski definition) is 10. The number of nitrogens with two attached hydrogens (primary N) is 1. The maximum atomic E-state index is 12.0. The third kappa shape index (κ3) is 2.90. The van der Waals surface area contributed by atoms with Crippen LogP contribution in [-0.4, -0.2) is 23.5 Å². The van der Waals surface area contributed by atoms with Gasteiger partial charge in [0.1, 0.15) is 4.21 Å². The summed E-state index contributed by atoms with van der Waals surface area (Å²) in [4.78, 5) is 13.6. The van der Waals surface area contributed by atoms with E-state index in [1.807, 2.05) is 0 Å². The fourth-order valence-electron chi connectivity index (χ4n) is 1.23. The molecule has 0 aliphatic carbocycles. The number of nitrogen functional groups attached to an aromatic ring is 1. The maximum absolute atomic E-state index is 12.0. The van der Waals surface area contributed by atoms with Gasteiger partial charge in [0.2, 0.25) is 6.39 Å². The average Bonchev–Trinajstić information content (AvgIpc) is 3.05. The van der Waals surface area contributed by atoms with Gasteiger partial charge in [0.25, 0.3) is 10.0 Å². The third-order valence-electron chi connectivity index (χ3n) is 2.11. The first-order valence-corrected chi connectivity index (χ1v) is 7.24. The smallest absolute Gasteiger partial charge is 0.306 e. The molecule has 4 N–H and O–H groups in total. The largest absolute Gasteiger partial charge is 0.343 e. The van der Waals surface area contributed by atoms with E-state index in [1.54, 1.807) is 0 Å². The van der Waals surface area contributed by atoms with Crippen LogP contribution in [0.15, 0.2) is 21.2 Å². The Bertz CT molecular complexity index is 708. The van der Waals surface area contributed by atoms with Crippen molar-refractivity contribution in [1.29, 1.82) is 0 Å². The van der Waals surface area contributed by atoms with Crippen LogP contribution in [0.1, 0.15) is 5.82 Å². The van der Waals surface area contributed by atoms with Crippen LogP contribution in [0.5, 0.6) is 0 Å². The molecule has 2 heterocycles. The van der Waals surface area contributed by atoms with Crippen LogP contribution in [0.3, 0.4) is 0 Å². The highest BCUT2D eigenvalue weighted by atomic mass is 32.2. The van der Waals surface area contributed by atoms with Crippen molar-refractivity contribution in [3.8, 4) is 0 Å². The van der Waals surface area contributed by atoms with E-state index in [1.165, 1.54) is 0 Å². The summed E-state index contributed by atoms with van der Waals surface area (Å²) in [6.07, 6.45) is 1.05. The standard InChI is InChI=1S/C7H8N6O5S2/c8-11-7-4(13(14)15)1-6(19-7)20(16,17)10-2-5-9-3-18-12-5/h1,3,10-11H,2,8H2. The number of sulfonamides is 1. The maximum Gasteiger partial charge on any atom is 0.306 e. The molecule has 0 spiro atoms. The Morgan fingerprint density at radius 1 is 1.55 bits per heavy atom. The van der Waals surface area contributed by atoms with Crippen molar-refractivity contribution in [2.75, 3.05) is 5.43 Å². The molecule has 11 nitrogen and oxygen atoms in total. The zero-order valence-electron chi connectivity index (χ0n) is 9.64. The Morgan fingerprint density at radius 3 is 2.80 bits per heavy atom. The quantitative estimate of drug-likeness (QED) is 0.371. The summed E-state index contributed by atoms with van der Waals surface area (Å²) >= 11 is 0.639. The number of aromatic nitrogens is 2. The van der Waals surface area contributed by atoms with Crippen molar-refractivity contribution in [2.24, 2.45) is 5.84 Å². The minimum atomic E-state index is -3.93. The second-order valence-corrected chi connectivity index (χ2v) is 6.40. The molecule has 0 radical (unpaired) electrons. The highest BCUT2D eigenvalue weighted by molar-refractivity contribution is 7.91. The van der Waals surface area contributed by atoms with Gasteiger partial charge in [-0.3, -0.25) is 10.1 Å². The van der Waals surface area contributed by atoms with Gasteiger partial charge in [-0.2, -0.15) is 4.98 Å². The average molecular weight is 320 g/mol. The number of thiophene rings is 1. The second kappa shape index (κ2) is 5.49. The lowest BCUT2D eigenvalue weighted by atomic mass is 10.5. The van der Waals surface area contributed by atoms with Crippen molar-refractivity contribution < 1.29 is 17.9 Å². The van der Waals surface area contributed by atoms with Gasteiger partial charge in [-0.05, 0) is 0 Å². The van der Waals surface area contributed by atoms with E-state index in [-0.39, 0.29) is 21.6 Å². The first-order valence-electron chi connectivity index (χ1n) is 4.94. The number of anilines is 1. The highest BCUT2D eigenvalue weighted by Gasteiger charge is 2.26. The molecule has 13 heteroatoms. The van der Waals surface area contributed by atoms with Gasteiger partial charge in [0.15, 0.2) is 10.8 Å². The monoisotopic (exact) mass is 320 g/mol. The topological polar surface area (TPSA) is 166 Å². The first-order chi connectivity index (χ1) is 9.44. The van der Waals surface area contributed by atoms with Crippen LogP contribution >= 0.6 is 11.3 Å². The molecule has 108 valence electrons. The normalized spacial score (nSPS) is 11.4. The Kier molecular flexibility index (Phi) is 3.93. The zero-order valence-corrected chi connectivity index (χ0v) is 11.3. The predicted molar refractivity (Wildman–Crippen MR) is 67.1 cm³/mol. The van der Waals surface area contributed by atoms with Gasteiger partial charge in [-0.15, -0.1) is 0 Å². The minimum Gasteiger partial charge on any atom is -0.343 e. The molecular formula is C7H8N6O5S2. The fourth-order valence-corrected chi connectivity index (χ4v) is 3.49. The summed E-state index contributed by atoms with van der Waals surface area (Å²) in [5.41, 5.74) is 1.66. The first kappa shape index (κ1) is 14.3. The van der Waals surface area contributed by atoms with Gasteiger partial charge in [0.05, 0.1) is 11.5 Å². The predicted octanol–water partition coefficient (Wildman–Crippen LogP) is -0.197. The van der Waals surface area contributed by atoms with E-state index in [4.69, 9.17) is 5.84 Å². The Hall–Kier alpha value is -2.09. The molecular weight excluding hydrogens is 312 g/mol. The van der Waals surface area contributed by atoms with Crippen molar-refractivity contribution >= 4 is 32.0 Å². The lowest BCUT2D eigenvalue weighted by molar-refractivity contribution is -0.383. The van der Waals surface area contributed by atoms with Crippen molar-refractivity contribution in [2.45, 2.75) is 10.8 Å². The summed E-state index contributed by atoms with van der Waals surface area (Å²) in [6, 6.07) is 0.915. The Morgan fingerprint density at radius 2 is 2.30 bits per heavy atom. The van der Waals surface area contributed by atoms with Crippen LogP contribution < -0.4 is 16.0 Å². The van der Waals surface area contributed by atoms with Crippen LogP contribution in [0.2, 0.25) is 0 Å². The molecule has 0 aliphatic rings. The van der Waals surface area contributed by atoms with Gasteiger partial charge >= 0.3 is 5.69 Å². The van der Waals surface area contributed by atoms with E-state index in [0.717, 1.165) is 12.5 Å². The van der Waals surface area contributed by atoms with E-state index in [0.29, 0.717) is 11.3 Å². The molecule has 0 bridgehead atoms. The molecule has 0 saturated carbocycles. The number of rotatable bonds is 6. The lowest BCUT2D eigenvalue weighted by Gasteiger charge is -2.00. The van der Waals surface area contributed by atoms with Gasteiger partial charge in [0, 0.05) is 6.07 Å². The molecule has 2 aromatic rings. The van der Waals surface area contributed by atoms with E-state index in [9.17, 15) is 18.5 Å². The summed E-state index contributed by atoms with van der Waals surface area (Å²) in [6.45, 7) is -0.198. The highest BCUT2D eigenvalue weighted by Crippen LogP contribution is 2.36.